The van der Waals surface area contributed by atoms with Gasteiger partial charge in [-0.15, -0.1) is 0 Å². The molecule has 0 N–H and O–H groups in total. The molecule has 6 nitrogen and oxygen atoms in total. The summed E-state index contributed by atoms with van der Waals surface area (Å²) in [6.07, 6.45) is 1.15. The largest absolute Gasteiger partial charge is 0.311 e. The first-order valence-corrected chi connectivity index (χ1v) is 4.68. The van der Waals surface area contributed by atoms with Gasteiger partial charge in [-0.05, 0) is 5.92 Å². The van der Waals surface area contributed by atoms with Crippen molar-refractivity contribution in [2.75, 3.05) is 0 Å². The Kier molecular flexibility index (Phi) is 3.09. The molecule has 1 aromatic rings. The molecule has 0 spiro atoms. The number of pyridine rings is 1. The second-order valence-corrected chi connectivity index (χ2v) is 3.74. The van der Waals surface area contributed by atoms with Crippen LogP contribution in [0.2, 0.25) is 0 Å². The molecule has 0 amide bonds. The lowest BCUT2D eigenvalue weighted by molar-refractivity contribution is -0.386. The Morgan fingerprint density at radius 2 is 2.12 bits per heavy atom. The second kappa shape index (κ2) is 4.14. The van der Waals surface area contributed by atoms with Gasteiger partial charge in [-0.1, -0.05) is 13.8 Å². The van der Waals surface area contributed by atoms with Gasteiger partial charge in [0.2, 0.25) is 0 Å². The molecular formula is C10H11N3O3. The van der Waals surface area contributed by atoms with Crippen molar-refractivity contribution in [1.29, 1.82) is 5.26 Å². The first-order valence-electron chi connectivity index (χ1n) is 4.68. The molecule has 1 heterocycles. The summed E-state index contributed by atoms with van der Waals surface area (Å²) in [5.74, 6) is -0.246. The summed E-state index contributed by atoms with van der Waals surface area (Å²) in [7, 11) is 1.39. The molecule has 0 bridgehead atoms. The zero-order valence-electron chi connectivity index (χ0n) is 9.22. The SMILES string of the molecule is CC(C)c1c([N+](=O)[O-])cn(C)c(=O)c1C#N. The number of aryl methyl sites for hydroxylation is 1. The minimum atomic E-state index is -0.574. The molecule has 0 unspecified atom stereocenters. The van der Waals surface area contributed by atoms with E-state index in [0.29, 0.717) is 0 Å². The predicted molar refractivity (Wildman–Crippen MR) is 57.1 cm³/mol. The topological polar surface area (TPSA) is 88.9 Å². The fourth-order valence-electron chi connectivity index (χ4n) is 1.57. The highest BCUT2D eigenvalue weighted by molar-refractivity contribution is 5.50. The number of aromatic nitrogens is 1. The van der Waals surface area contributed by atoms with Gasteiger partial charge in [-0.3, -0.25) is 14.9 Å². The maximum absolute atomic E-state index is 11.6. The third-order valence-electron chi connectivity index (χ3n) is 2.28. The van der Waals surface area contributed by atoms with Crippen LogP contribution < -0.4 is 5.56 Å². The third kappa shape index (κ3) is 1.80. The summed E-state index contributed by atoms with van der Waals surface area (Å²) in [5, 5.41) is 19.7. The van der Waals surface area contributed by atoms with Crippen molar-refractivity contribution in [2.24, 2.45) is 7.05 Å². The molecule has 16 heavy (non-hydrogen) atoms. The van der Waals surface area contributed by atoms with E-state index in [1.54, 1.807) is 19.9 Å². The first-order chi connectivity index (χ1) is 7.40. The Morgan fingerprint density at radius 1 is 1.56 bits per heavy atom. The third-order valence-corrected chi connectivity index (χ3v) is 2.28. The zero-order chi connectivity index (χ0) is 12.5. The van der Waals surface area contributed by atoms with Crippen molar-refractivity contribution < 1.29 is 4.92 Å². The lowest BCUT2D eigenvalue weighted by Crippen LogP contribution is -2.22. The molecule has 6 heteroatoms. The molecule has 0 aromatic carbocycles. The summed E-state index contributed by atoms with van der Waals surface area (Å²) in [6.45, 7) is 3.42. The number of hydrogen-bond donors (Lipinski definition) is 0. The molecule has 0 aliphatic carbocycles. The monoisotopic (exact) mass is 221 g/mol. The van der Waals surface area contributed by atoms with Crippen molar-refractivity contribution >= 4 is 5.69 Å². The van der Waals surface area contributed by atoms with E-state index in [1.807, 2.05) is 0 Å². The van der Waals surface area contributed by atoms with Gasteiger partial charge in [-0.25, -0.2) is 0 Å². The minimum Gasteiger partial charge on any atom is -0.311 e. The summed E-state index contributed by atoms with van der Waals surface area (Å²) in [6, 6.07) is 1.74. The van der Waals surface area contributed by atoms with Gasteiger partial charge in [0.1, 0.15) is 11.6 Å². The van der Waals surface area contributed by atoms with E-state index in [9.17, 15) is 14.9 Å². The summed E-state index contributed by atoms with van der Waals surface area (Å²) < 4.78 is 1.06. The standard InChI is InChI=1S/C10H11N3O3/c1-6(2)9-7(4-11)10(14)12(3)5-8(9)13(15)16/h5-6H,1-3H3. The van der Waals surface area contributed by atoms with Crippen LogP contribution in [-0.4, -0.2) is 9.49 Å². The molecule has 0 fully saturated rings. The summed E-state index contributed by atoms with van der Waals surface area (Å²) in [5.41, 5.74) is -0.632. The van der Waals surface area contributed by atoms with Crippen LogP contribution >= 0.6 is 0 Å². The smallest absolute Gasteiger partial charge is 0.290 e. The Balaban J connectivity index is 3.79. The fraction of sp³-hybridized carbons (Fsp3) is 0.400. The Morgan fingerprint density at radius 3 is 2.50 bits per heavy atom. The van der Waals surface area contributed by atoms with E-state index in [2.05, 4.69) is 0 Å². The van der Waals surface area contributed by atoms with E-state index in [4.69, 9.17) is 5.26 Å². The van der Waals surface area contributed by atoms with Crippen molar-refractivity contribution in [3.63, 3.8) is 0 Å². The highest BCUT2D eigenvalue weighted by Crippen LogP contribution is 2.26. The molecule has 1 aromatic heterocycles. The first kappa shape index (κ1) is 11.9. The van der Waals surface area contributed by atoms with Gasteiger partial charge in [0, 0.05) is 7.05 Å². The van der Waals surface area contributed by atoms with Crippen molar-refractivity contribution in [1.82, 2.24) is 4.57 Å². The molecule has 1 rings (SSSR count). The van der Waals surface area contributed by atoms with Crippen LogP contribution in [0.5, 0.6) is 0 Å². The number of nitro groups is 1. The molecule has 0 atom stereocenters. The van der Waals surface area contributed by atoms with Crippen LogP contribution in [-0.2, 0) is 7.05 Å². The van der Waals surface area contributed by atoms with Gasteiger partial charge in [0.15, 0.2) is 0 Å². The van der Waals surface area contributed by atoms with Crippen molar-refractivity contribution in [2.45, 2.75) is 19.8 Å². The van der Waals surface area contributed by atoms with E-state index in [0.717, 1.165) is 10.8 Å². The molecule has 84 valence electrons. The van der Waals surface area contributed by atoms with Gasteiger partial charge >= 0.3 is 0 Å². The van der Waals surface area contributed by atoms with Crippen LogP contribution in [0.25, 0.3) is 0 Å². The Bertz CT molecular complexity index is 537. The van der Waals surface area contributed by atoms with Crippen molar-refractivity contribution in [3.8, 4) is 6.07 Å². The molecule has 0 saturated heterocycles. The Labute approximate surface area is 91.9 Å². The average molecular weight is 221 g/mol. The van der Waals surface area contributed by atoms with E-state index >= 15 is 0 Å². The highest BCUT2D eigenvalue weighted by atomic mass is 16.6. The maximum Gasteiger partial charge on any atom is 0.290 e. The molecular weight excluding hydrogens is 210 g/mol. The van der Waals surface area contributed by atoms with Crippen LogP contribution in [0, 0.1) is 21.4 Å². The van der Waals surface area contributed by atoms with E-state index in [1.165, 1.54) is 7.05 Å². The lowest BCUT2D eigenvalue weighted by atomic mass is 9.98. The summed E-state index contributed by atoms with van der Waals surface area (Å²) >= 11 is 0. The highest BCUT2D eigenvalue weighted by Gasteiger charge is 2.24. The van der Waals surface area contributed by atoms with Crippen LogP contribution in [0.3, 0.4) is 0 Å². The number of nitrogens with zero attached hydrogens (tertiary/aromatic N) is 3. The van der Waals surface area contributed by atoms with Crippen molar-refractivity contribution in [3.05, 3.63) is 37.8 Å². The normalized spacial score (nSPS) is 10.2. The zero-order valence-corrected chi connectivity index (χ0v) is 9.22. The number of hydrogen-bond acceptors (Lipinski definition) is 4. The van der Waals surface area contributed by atoms with Crippen LogP contribution in [0.1, 0.15) is 30.9 Å². The van der Waals surface area contributed by atoms with Gasteiger partial charge in [0.25, 0.3) is 11.2 Å². The summed E-state index contributed by atoms with van der Waals surface area (Å²) in [4.78, 5) is 21.9. The van der Waals surface area contributed by atoms with E-state index < -0.39 is 10.5 Å². The molecule has 0 aliphatic rings. The average Bonchev–Trinajstić information content (AvgIpc) is 2.20. The quantitative estimate of drug-likeness (QED) is 0.555. The molecule has 0 saturated carbocycles. The minimum absolute atomic E-state index is 0.147. The molecule has 0 aliphatic heterocycles. The lowest BCUT2D eigenvalue weighted by Gasteiger charge is -2.09. The van der Waals surface area contributed by atoms with Gasteiger partial charge < -0.3 is 4.57 Å². The predicted octanol–water partition coefficient (Wildman–Crippen LogP) is 1.29. The Hall–Kier alpha value is -2.16. The fourth-order valence-corrected chi connectivity index (χ4v) is 1.57. The second-order valence-electron chi connectivity index (χ2n) is 3.74. The van der Waals surface area contributed by atoms with Crippen LogP contribution in [0.4, 0.5) is 5.69 Å². The maximum atomic E-state index is 11.6. The number of rotatable bonds is 2. The van der Waals surface area contributed by atoms with E-state index in [-0.39, 0.29) is 22.7 Å². The van der Waals surface area contributed by atoms with Gasteiger partial charge in [-0.2, -0.15) is 5.26 Å². The number of nitriles is 1. The van der Waals surface area contributed by atoms with Crippen LogP contribution in [0.15, 0.2) is 11.0 Å². The molecule has 0 radical (unpaired) electrons. The van der Waals surface area contributed by atoms with Gasteiger partial charge in [0.05, 0.1) is 16.7 Å².